The van der Waals surface area contributed by atoms with Crippen molar-refractivity contribution in [3.05, 3.63) is 0 Å². The number of carbonyl (C=O) groups is 2. The molecule has 0 bridgehead atoms. The minimum Gasteiger partial charge on any atom is -0.450 e. The van der Waals surface area contributed by atoms with E-state index in [-0.39, 0.29) is 18.8 Å². The Morgan fingerprint density at radius 3 is 2.17 bits per heavy atom. The van der Waals surface area contributed by atoms with Gasteiger partial charge in [-0.2, -0.15) is 0 Å². The summed E-state index contributed by atoms with van der Waals surface area (Å²) in [5, 5.41) is 8.54. The van der Waals surface area contributed by atoms with E-state index < -0.39 is 12.3 Å². The van der Waals surface area contributed by atoms with Crippen LogP contribution in [0.5, 0.6) is 0 Å². The minimum atomic E-state index is -1.26. The summed E-state index contributed by atoms with van der Waals surface area (Å²) in [4.78, 5) is 22.0. The van der Waals surface area contributed by atoms with Crippen LogP contribution in [-0.4, -0.2) is 49.4 Å². The lowest BCUT2D eigenvalue weighted by atomic mass is 9.95. The minimum absolute atomic E-state index is 0.179. The third kappa shape index (κ3) is 9.99. The number of rotatable bonds is 9. The van der Waals surface area contributed by atoms with E-state index in [1.165, 1.54) is 0 Å². The van der Waals surface area contributed by atoms with Crippen LogP contribution in [0.4, 0.5) is 9.59 Å². The molecule has 1 aliphatic carbocycles. The lowest BCUT2D eigenvalue weighted by Crippen LogP contribution is -2.29. The molecule has 7 nitrogen and oxygen atoms in total. The lowest BCUT2D eigenvalue weighted by molar-refractivity contribution is -0.0258. The highest BCUT2D eigenvalue weighted by Gasteiger charge is 2.26. The molecule has 1 saturated carbocycles. The van der Waals surface area contributed by atoms with Gasteiger partial charge in [-0.15, -0.1) is 0 Å². The van der Waals surface area contributed by atoms with Gasteiger partial charge in [-0.05, 0) is 44.4 Å². The first-order valence-corrected chi connectivity index (χ1v) is 8.28. The van der Waals surface area contributed by atoms with Gasteiger partial charge in [0.1, 0.15) is 18.8 Å². The van der Waals surface area contributed by atoms with E-state index in [2.05, 4.69) is 13.8 Å². The Kier molecular flexibility index (Phi) is 9.43. The van der Waals surface area contributed by atoms with Crippen molar-refractivity contribution < 1.29 is 33.6 Å². The second-order valence-electron chi connectivity index (χ2n) is 6.15. The summed E-state index contributed by atoms with van der Waals surface area (Å²) >= 11 is 0. The van der Waals surface area contributed by atoms with E-state index in [0.29, 0.717) is 44.8 Å². The molecule has 0 atom stereocenters. The SMILES string of the molecule is CC(C)CCCOCCOC(=O)OC1CCC(OC(=O)O)CC1. The zero-order valence-corrected chi connectivity index (χ0v) is 14.0. The molecule has 0 spiro atoms. The van der Waals surface area contributed by atoms with Crippen LogP contribution in [0.25, 0.3) is 0 Å². The third-order valence-electron chi connectivity index (χ3n) is 3.67. The van der Waals surface area contributed by atoms with Crippen LogP contribution in [0.2, 0.25) is 0 Å². The van der Waals surface area contributed by atoms with Gasteiger partial charge in [0.25, 0.3) is 0 Å². The van der Waals surface area contributed by atoms with Crippen LogP contribution in [0.1, 0.15) is 52.4 Å². The van der Waals surface area contributed by atoms with Gasteiger partial charge in [-0.3, -0.25) is 0 Å². The highest BCUT2D eigenvalue weighted by Crippen LogP contribution is 2.23. The standard InChI is InChI=1S/C16H28O7/c1-12(2)4-3-9-20-10-11-21-16(19)23-14-7-5-13(6-8-14)22-15(17)18/h12-14H,3-11H2,1-2H3,(H,17,18). The molecule has 7 heteroatoms. The topological polar surface area (TPSA) is 91.3 Å². The molecule has 1 aliphatic rings. The molecule has 1 rings (SSSR count). The van der Waals surface area contributed by atoms with E-state index >= 15 is 0 Å². The molecule has 0 aromatic carbocycles. The van der Waals surface area contributed by atoms with Crippen molar-refractivity contribution >= 4 is 12.3 Å². The summed E-state index contributed by atoms with van der Waals surface area (Å²) in [7, 11) is 0. The molecule has 0 amide bonds. The molecule has 23 heavy (non-hydrogen) atoms. The first-order chi connectivity index (χ1) is 11.0. The first-order valence-electron chi connectivity index (χ1n) is 8.28. The van der Waals surface area contributed by atoms with Crippen molar-refractivity contribution in [1.82, 2.24) is 0 Å². The Morgan fingerprint density at radius 2 is 1.61 bits per heavy atom. The van der Waals surface area contributed by atoms with Crippen molar-refractivity contribution in [3.63, 3.8) is 0 Å². The largest absolute Gasteiger partial charge is 0.508 e. The molecule has 0 aliphatic heterocycles. The first kappa shape index (κ1) is 19.5. The van der Waals surface area contributed by atoms with Crippen LogP contribution in [0.3, 0.4) is 0 Å². The fourth-order valence-electron chi connectivity index (χ4n) is 2.46. The van der Waals surface area contributed by atoms with Crippen molar-refractivity contribution in [2.45, 2.75) is 64.6 Å². The number of carboxylic acid groups (broad SMARTS) is 1. The Morgan fingerprint density at radius 1 is 1.00 bits per heavy atom. The van der Waals surface area contributed by atoms with Gasteiger partial charge in [0.2, 0.25) is 0 Å². The summed E-state index contributed by atoms with van der Waals surface area (Å²) in [6, 6.07) is 0. The summed E-state index contributed by atoms with van der Waals surface area (Å²) in [6.45, 7) is 5.55. The van der Waals surface area contributed by atoms with Gasteiger partial charge in [0, 0.05) is 6.61 Å². The van der Waals surface area contributed by atoms with E-state index in [1.807, 2.05) is 0 Å². The number of ether oxygens (including phenoxy) is 4. The lowest BCUT2D eigenvalue weighted by Gasteiger charge is -2.26. The summed E-state index contributed by atoms with van der Waals surface area (Å²) < 4.78 is 20.2. The number of carbonyl (C=O) groups excluding carboxylic acids is 1. The fourth-order valence-corrected chi connectivity index (χ4v) is 2.46. The van der Waals surface area contributed by atoms with Gasteiger partial charge in [-0.1, -0.05) is 13.8 Å². The molecule has 1 N–H and O–H groups in total. The second kappa shape index (κ2) is 11.1. The van der Waals surface area contributed by atoms with Gasteiger partial charge in [0.05, 0.1) is 6.61 Å². The Bertz CT molecular complexity index is 348. The van der Waals surface area contributed by atoms with E-state index in [0.717, 1.165) is 12.8 Å². The quantitative estimate of drug-likeness (QED) is 0.509. The average Bonchev–Trinajstić information content (AvgIpc) is 2.47. The highest BCUT2D eigenvalue weighted by molar-refractivity contribution is 5.60. The van der Waals surface area contributed by atoms with Gasteiger partial charge in [0.15, 0.2) is 0 Å². The van der Waals surface area contributed by atoms with Gasteiger partial charge < -0.3 is 24.1 Å². The predicted molar refractivity (Wildman–Crippen MR) is 82.5 cm³/mol. The van der Waals surface area contributed by atoms with Gasteiger partial charge >= 0.3 is 12.3 Å². The predicted octanol–water partition coefficient (Wildman–Crippen LogP) is 3.60. The van der Waals surface area contributed by atoms with Crippen molar-refractivity contribution in [2.75, 3.05) is 19.8 Å². The molecule has 0 unspecified atom stereocenters. The molecular formula is C16H28O7. The maximum atomic E-state index is 11.5. The molecule has 1 fully saturated rings. The normalized spacial score (nSPS) is 21.0. The van der Waals surface area contributed by atoms with Crippen molar-refractivity contribution in [3.8, 4) is 0 Å². The third-order valence-corrected chi connectivity index (χ3v) is 3.67. The molecule has 134 valence electrons. The maximum Gasteiger partial charge on any atom is 0.508 e. The van der Waals surface area contributed by atoms with Gasteiger partial charge in [-0.25, -0.2) is 9.59 Å². The van der Waals surface area contributed by atoms with Crippen LogP contribution >= 0.6 is 0 Å². The maximum absolute atomic E-state index is 11.5. The Balaban J connectivity index is 1.99. The zero-order chi connectivity index (χ0) is 17.1. The Labute approximate surface area is 137 Å². The van der Waals surface area contributed by atoms with Crippen molar-refractivity contribution in [1.29, 1.82) is 0 Å². The molecule has 0 radical (unpaired) electrons. The van der Waals surface area contributed by atoms with E-state index in [9.17, 15) is 9.59 Å². The molecule has 0 aromatic heterocycles. The molecular weight excluding hydrogens is 304 g/mol. The molecule has 0 saturated heterocycles. The van der Waals surface area contributed by atoms with E-state index in [1.54, 1.807) is 0 Å². The van der Waals surface area contributed by atoms with Crippen molar-refractivity contribution in [2.24, 2.45) is 5.92 Å². The highest BCUT2D eigenvalue weighted by atomic mass is 16.7. The Hall–Kier alpha value is -1.50. The zero-order valence-electron chi connectivity index (χ0n) is 14.0. The average molecular weight is 332 g/mol. The van der Waals surface area contributed by atoms with Crippen LogP contribution in [0.15, 0.2) is 0 Å². The van der Waals surface area contributed by atoms with Crippen LogP contribution in [-0.2, 0) is 18.9 Å². The summed E-state index contributed by atoms with van der Waals surface area (Å²) in [6.07, 6.45) is 1.91. The smallest absolute Gasteiger partial charge is 0.450 e. The summed E-state index contributed by atoms with van der Waals surface area (Å²) in [5.41, 5.74) is 0. The van der Waals surface area contributed by atoms with Crippen LogP contribution < -0.4 is 0 Å². The van der Waals surface area contributed by atoms with E-state index in [4.69, 9.17) is 24.1 Å². The second-order valence-corrected chi connectivity index (χ2v) is 6.15. The number of hydrogen-bond acceptors (Lipinski definition) is 6. The summed E-state index contributed by atoms with van der Waals surface area (Å²) in [5.74, 6) is 0.667. The number of hydrogen-bond donors (Lipinski definition) is 1. The van der Waals surface area contributed by atoms with Crippen LogP contribution in [0, 0.1) is 5.92 Å². The fraction of sp³-hybridized carbons (Fsp3) is 0.875. The monoisotopic (exact) mass is 332 g/mol. The molecule has 0 heterocycles. The molecule has 0 aromatic rings.